The molecule has 1 fully saturated rings. The van der Waals surface area contributed by atoms with Crippen LogP contribution in [0.5, 0.6) is 5.75 Å². The van der Waals surface area contributed by atoms with E-state index in [1.165, 1.54) is 22.3 Å². The maximum atomic E-state index is 5.46. The van der Waals surface area contributed by atoms with Crippen LogP contribution in [0.25, 0.3) is 11.1 Å². The van der Waals surface area contributed by atoms with Crippen molar-refractivity contribution in [1.29, 1.82) is 0 Å². The number of hydrazone groups is 1. The molecule has 0 amide bonds. The van der Waals surface area contributed by atoms with Crippen LogP contribution in [0.3, 0.4) is 0 Å². The number of methoxy groups -OCH3 is 1. The molecule has 0 unspecified atom stereocenters. The maximum absolute atomic E-state index is 5.46. The number of halogens is 1. The lowest BCUT2D eigenvalue weighted by Crippen LogP contribution is -3.14. The molecular formula is C25H25BrN3O+. The Bertz CT molecular complexity index is 1040. The van der Waals surface area contributed by atoms with E-state index in [2.05, 4.69) is 69.5 Å². The molecule has 1 N–H and O–H groups in total. The van der Waals surface area contributed by atoms with Gasteiger partial charge in [-0.2, -0.15) is 5.10 Å². The van der Waals surface area contributed by atoms with E-state index in [1.807, 2.05) is 24.4 Å². The largest absolute Gasteiger partial charge is 0.496 e. The Labute approximate surface area is 185 Å². The van der Waals surface area contributed by atoms with Crippen LogP contribution in [0.15, 0.2) is 76.3 Å². The highest BCUT2D eigenvalue weighted by atomic mass is 79.9. The van der Waals surface area contributed by atoms with Crippen molar-refractivity contribution in [2.75, 3.05) is 33.3 Å². The van der Waals surface area contributed by atoms with E-state index in [0.717, 1.165) is 42.0 Å². The summed E-state index contributed by atoms with van der Waals surface area (Å²) in [5, 5.41) is 6.92. The number of fused-ring (bicyclic) bond motifs is 3. The van der Waals surface area contributed by atoms with Crippen LogP contribution in [-0.4, -0.2) is 44.5 Å². The lowest BCUT2D eigenvalue weighted by Gasteiger charge is -2.34. The summed E-state index contributed by atoms with van der Waals surface area (Å²) in [6.45, 7) is 4.03. The summed E-state index contributed by atoms with van der Waals surface area (Å²) < 4.78 is 6.48. The molecule has 0 spiro atoms. The highest BCUT2D eigenvalue weighted by molar-refractivity contribution is 9.10. The number of rotatable bonds is 4. The molecular weight excluding hydrogens is 438 g/mol. The van der Waals surface area contributed by atoms with Crippen LogP contribution < -0.4 is 9.64 Å². The first-order valence-corrected chi connectivity index (χ1v) is 11.2. The van der Waals surface area contributed by atoms with Crippen molar-refractivity contribution in [3.05, 3.63) is 87.9 Å². The highest BCUT2D eigenvalue weighted by Crippen LogP contribution is 2.41. The molecule has 3 aromatic rings. The minimum Gasteiger partial charge on any atom is -0.496 e. The Morgan fingerprint density at radius 1 is 0.967 bits per heavy atom. The van der Waals surface area contributed by atoms with E-state index in [4.69, 9.17) is 9.84 Å². The monoisotopic (exact) mass is 462 g/mol. The first-order chi connectivity index (χ1) is 14.7. The van der Waals surface area contributed by atoms with Crippen molar-refractivity contribution in [3.8, 4) is 16.9 Å². The SMILES string of the molecule is COc1ccc(Br)cc1/C=N/N1CC[NH+](C2c3ccccc3-c3ccccc32)CC1. The fourth-order valence-corrected chi connectivity index (χ4v) is 5.11. The minimum absolute atomic E-state index is 0.425. The van der Waals surface area contributed by atoms with Crippen LogP contribution in [0.4, 0.5) is 0 Å². The summed E-state index contributed by atoms with van der Waals surface area (Å²) in [7, 11) is 1.69. The van der Waals surface area contributed by atoms with Gasteiger partial charge in [0.2, 0.25) is 0 Å². The van der Waals surface area contributed by atoms with Gasteiger partial charge < -0.3 is 9.64 Å². The van der Waals surface area contributed by atoms with Crippen molar-refractivity contribution in [1.82, 2.24) is 5.01 Å². The van der Waals surface area contributed by atoms with E-state index in [1.54, 1.807) is 12.0 Å². The fourth-order valence-electron chi connectivity index (χ4n) is 4.73. The first kappa shape index (κ1) is 19.3. The third-order valence-corrected chi connectivity index (χ3v) is 6.67. The number of hydrogen-bond donors (Lipinski definition) is 1. The van der Waals surface area contributed by atoms with Crippen molar-refractivity contribution >= 4 is 22.1 Å². The van der Waals surface area contributed by atoms with Gasteiger partial charge in [-0.05, 0) is 29.3 Å². The molecule has 5 heteroatoms. The minimum atomic E-state index is 0.425. The summed E-state index contributed by atoms with van der Waals surface area (Å²) in [5.74, 6) is 0.838. The molecule has 2 aliphatic rings. The standard InChI is InChI=1S/C25H24BrN3O/c1-30-24-11-10-19(26)16-18(24)17-27-29-14-12-28(13-15-29)25-22-8-4-2-6-20(22)21-7-3-5-9-23(21)25/h2-11,16-17,25H,12-15H2,1H3/p+1/b27-17+. The van der Waals surface area contributed by atoms with E-state index in [-0.39, 0.29) is 0 Å². The van der Waals surface area contributed by atoms with Gasteiger partial charge in [0.1, 0.15) is 11.8 Å². The zero-order chi connectivity index (χ0) is 20.5. The van der Waals surface area contributed by atoms with Crippen LogP contribution in [0.1, 0.15) is 22.7 Å². The van der Waals surface area contributed by atoms with E-state index in [9.17, 15) is 0 Å². The summed E-state index contributed by atoms with van der Waals surface area (Å²) in [6, 6.07) is 24.2. The molecule has 0 bridgehead atoms. The topological polar surface area (TPSA) is 29.3 Å². The Hall–Kier alpha value is -2.63. The van der Waals surface area contributed by atoms with Gasteiger partial charge in [-0.15, -0.1) is 0 Å². The predicted octanol–water partition coefficient (Wildman–Crippen LogP) is 3.76. The third-order valence-electron chi connectivity index (χ3n) is 6.18. The molecule has 0 saturated carbocycles. The van der Waals surface area contributed by atoms with Gasteiger partial charge in [-0.3, -0.25) is 5.01 Å². The fraction of sp³-hybridized carbons (Fsp3) is 0.240. The third kappa shape index (κ3) is 3.53. The highest BCUT2D eigenvalue weighted by Gasteiger charge is 2.37. The summed E-state index contributed by atoms with van der Waals surface area (Å²) in [5.41, 5.74) is 6.70. The smallest absolute Gasteiger partial charge is 0.140 e. The van der Waals surface area contributed by atoms with E-state index in [0.29, 0.717) is 6.04 Å². The van der Waals surface area contributed by atoms with Gasteiger partial charge in [0.15, 0.2) is 0 Å². The molecule has 0 atom stereocenters. The van der Waals surface area contributed by atoms with Gasteiger partial charge in [0.25, 0.3) is 0 Å². The molecule has 4 nitrogen and oxygen atoms in total. The number of nitrogens with zero attached hydrogens (tertiary/aromatic N) is 2. The van der Waals surface area contributed by atoms with Crippen molar-refractivity contribution in [3.63, 3.8) is 0 Å². The Balaban J connectivity index is 1.32. The normalized spacial score (nSPS) is 16.7. The molecule has 30 heavy (non-hydrogen) atoms. The van der Waals surface area contributed by atoms with E-state index < -0.39 is 0 Å². The second-order valence-corrected chi connectivity index (χ2v) is 8.77. The predicted molar refractivity (Wildman–Crippen MR) is 124 cm³/mol. The van der Waals surface area contributed by atoms with Gasteiger partial charge in [0.05, 0.1) is 39.5 Å². The molecule has 5 rings (SSSR count). The van der Waals surface area contributed by atoms with Crippen molar-refractivity contribution in [2.24, 2.45) is 5.10 Å². The lowest BCUT2D eigenvalue weighted by molar-refractivity contribution is -0.929. The molecule has 0 radical (unpaired) electrons. The van der Waals surface area contributed by atoms with Gasteiger partial charge in [-0.25, -0.2) is 0 Å². The molecule has 1 saturated heterocycles. The van der Waals surface area contributed by atoms with E-state index >= 15 is 0 Å². The van der Waals surface area contributed by atoms with Gasteiger partial charge >= 0.3 is 0 Å². The Morgan fingerprint density at radius 2 is 1.60 bits per heavy atom. The number of ether oxygens (including phenoxy) is 1. The van der Waals surface area contributed by atoms with Crippen molar-refractivity contribution < 1.29 is 9.64 Å². The first-order valence-electron chi connectivity index (χ1n) is 10.4. The summed E-state index contributed by atoms with van der Waals surface area (Å²) in [6.07, 6.45) is 1.91. The van der Waals surface area contributed by atoms with Crippen LogP contribution >= 0.6 is 15.9 Å². The second kappa shape index (κ2) is 8.25. The average molecular weight is 463 g/mol. The molecule has 3 aromatic carbocycles. The second-order valence-electron chi connectivity index (χ2n) is 7.85. The van der Waals surface area contributed by atoms with Gasteiger partial charge in [-0.1, -0.05) is 64.5 Å². The molecule has 1 aliphatic carbocycles. The maximum Gasteiger partial charge on any atom is 0.140 e. The lowest BCUT2D eigenvalue weighted by atomic mass is 10.0. The summed E-state index contributed by atoms with van der Waals surface area (Å²) in [4.78, 5) is 1.62. The number of nitrogens with one attached hydrogen (secondary N) is 1. The van der Waals surface area contributed by atoms with Crippen LogP contribution in [0, 0.1) is 0 Å². The molecule has 1 aliphatic heterocycles. The van der Waals surface area contributed by atoms with Crippen LogP contribution in [0.2, 0.25) is 0 Å². The zero-order valence-corrected chi connectivity index (χ0v) is 18.6. The Morgan fingerprint density at radius 3 is 2.23 bits per heavy atom. The number of benzene rings is 3. The molecule has 152 valence electrons. The number of piperazine rings is 1. The zero-order valence-electron chi connectivity index (χ0n) is 17.0. The average Bonchev–Trinajstić information content (AvgIpc) is 3.13. The van der Waals surface area contributed by atoms with Crippen LogP contribution in [-0.2, 0) is 0 Å². The number of quaternary nitrogens is 1. The van der Waals surface area contributed by atoms with Gasteiger partial charge in [0, 0.05) is 21.2 Å². The quantitative estimate of drug-likeness (QED) is 0.598. The molecule has 0 aromatic heterocycles. The summed E-state index contributed by atoms with van der Waals surface area (Å²) >= 11 is 3.53. The number of hydrogen-bond acceptors (Lipinski definition) is 3. The van der Waals surface area contributed by atoms with Crippen molar-refractivity contribution in [2.45, 2.75) is 6.04 Å². The molecule has 1 heterocycles. The Kier molecular flexibility index (Phi) is 5.32.